The lowest BCUT2D eigenvalue weighted by molar-refractivity contribution is -0.144. The number of carbonyl (C=O) groups excluding carboxylic acids is 1. The minimum Gasteiger partial charge on any atom is -0.463 e. The molecule has 0 aliphatic heterocycles. The summed E-state index contributed by atoms with van der Waals surface area (Å²) in [6, 6.07) is 0. The first-order valence-corrected chi connectivity index (χ1v) is 3.45. The number of hydrogen-bond donors (Lipinski definition) is 0. The molecule has 0 fully saturated rings. The molecule has 0 amide bonds. The van der Waals surface area contributed by atoms with Gasteiger partial charge in [0, 0.05) is 13.5 Å². The van der Waals surface area contributed by atoms with Gasteiger partial charge >= 0.3 is 5.97 Å². The number of hydrogen-bond acceptors (Lipinski definition) is 3. The van der Waals surface area contributed by atoms with Crippen LogP contribution in [0.5, 0.6) is 0 Å². The maximum Gasteiger partial charge on any atom is 0.305 e. The Bertz CT molecular complexity index is 90.9. The van der Waals surface area contributed by atoms with E-state index in [0.29, 0.717) is 19.6 Å². The first-order valence-electron chi connectivity index (χ1n) is 3.45. The number of rotatable bonds is 5. The van der Waals surface area contributed by atoms with Crippen molar-refractivity contribution in [3.63, 3.8) is 0 Å². The number of carbonyl (C=O) groups is 1. The smallest absolute Gasteiger partial charge is 0.305 e. The highest BCUT2D eigenvalue weighted by atomic mass is 16.6. The summed E-state index contributed by atoms with van der Waals surface area (Å²) >= 11 is 0. The summed E-state index contributed by atoms with van der Waals surface area (Å²) in [6.45, 7) is 2.79. The van der Waals surface area contributed by atoms with E-state index >= 15 is 0 Å². The van der Waals surface area contributed by atoms with Gasteiger partial charge in [-0.05, 0) is 6.42 Å². The predicted octanol–water partition coefficient (Wildman–Crippen LogP) is 0.976. The molecule has 0 radical (unpaired) electrons. The van der Waals surface area contributed by atoms with Gasteiger partial charge in [-0.15, -0.1) is 0 Å². The van der Waals surface area contributed by atoms with E-state index in [-0.39, 0.29) is 5.97 Å². The minimum absolute atomic E-state index is 0.139. The first kappa shape index (κ1) is 9.43. The molecular formula is C7H14O3. The standard InChI is InChI=1S/C7H14O3/c1-3-4-7(8)10-6-5-9-2/h3-6H2,1-2H3. The zero-order chi connectivity index (χ0) is 7.82. The third-order valence-corrected chi connectivity index (χ3v) is 1.00. The van der Waals surface area contributed by atoms with Crippen LogP contribution in [0.25, 0.3) is 0 Å². The summed E-state index contributed by atoms with van der Waals surface area (Å²) in [5.41, 5.74) is 0. The van der Waals surface area contributed by atoms with Gasteiger partial charge in [0.1, 0.15) is 6.61 Å². The summed E-state index contributed by atoms with van der Waals surface area (Å²) in [5.74, 6) is -0.139. The molecule has 0 unspecified atom stereocenters. The van der Waals surface area contributed by atoms with Crippen molar-refractivity contribution in [2.45, 2.75) is 19.8 Å². The normalized spacial score (nSPS) is 9.40. The van der Waals surface area contributed by atoms with E-state index in [0.717, 1.165) is 6.42 Å². The third-order valence-electron chi connectivity index (χ3n) is 1.00. The van der Waals surface area contributed by atoms with Crippen molar-refractivity contribution < 1.29 is 14.3 Å². The summed E-state index contributed by atoms with van der Waals surface area (Å²) in [6.07, 6.45) is 1.34. The lowest BCUT2D eigenvalue weighted by Gasteiger charge is -2.01. The molecule has 0 saturated heterocycles. The fourth-order valence-corrected chi connectivity index (χ4v) is 0.515. The highest BCUT2D eigenvalue weighted by Crippen LogP contribution is 1.90. The molecule has 0 aromatic heterocycles. The van der Waals surface area contributed by atoms with Crippen LogP contribution in [0.4, 0.5) is 0 Å². The van der Waals surface area contributed by atoms with Crippen molar-refractivity contribution in [3.05, 3.63) is 0 Å². The van der Waals surface area contributed by atoms with E-state index in [1.807, 2.05) is 6.92 Å². The average Bonchev–Trinajstić information content (AvgIpc) is 1.89. The molecule has 0 N–H and O–H groups in total. The van der Waals surface area contributed by atoms with Crippen LogP contribution >= 0.6 is 0 Å². The zero-order valence-corrected chi connectivity index (χ0v) is 6.55. The maximum absolute atomic E-state index is 10.6. The quantitative estimate of drug-likeness (QED) is 0.428. The predicted molar refractivity (Wildman–Crippen MR) is 37.7 cm³/mol. The third kappa shape index (κ3) is 5.56. The van der Waals surface area contributed by atoms with Crippen LogP contribution in [0.1, 0.15) is 19.8 Å². The molecule has 0 aromatic carbocycles. The Morgan fingerprint density at radius 3 is 2.60 bits per heavy atom. The van der Waals surface area contributed by atoms with Gasteiger partial charge in [-0.25, -0.2) is 0 Å². The van der Waals surface area contributed by atoms with Crippen molar-refractivity contribution in [2.75, 3.05) is 20.3 Å². The Balaban J connectivity index is 3.05. The molecule has 0 bridgehead atoms. The van der Waals surface area contributed by atoms with Crippen LogP contribution < -0.4 is 0 Å². The molecule has 0 rings (SSSR count). The highest BCUT2D eigenvalue weighted by molar-refractivity contribution is 5.69. The van der Waals surface area contributed by atoms with E-state index in [2.05, 4.69) is 0 Å². The van der Waals surface area contributed by atoms with Crippen LogP contribution in [0.15, 0.2) is 0 Å². The molecular weight excluding hydrogens is 132 g/mol. The molecule has 10 heavy (non-hydrogen) atoms. The van der Waals surface area contributed by atoms with Gasteiger partial charge in [-0.2, -0.15) is 0 Å². The Kier molecular flexibility index (Phi) is 6.18. The van der Waals surface area contributed by atoms with Crippen molar-refractivity contribution in [3.8, 4) is 0 Å². The van der Waals surface area contributed by atoms with Crippen molar-refractivity contribution in [1.29, 1.82) is 0 Å². The fraction of sp³-hybridized carbons (Fsp3) is 0.857. The lowest BCUT2D eigenvalue weighted by Crippen LogP contribution is -2.08. The van der Waals surface area contributed by atoms with Crippen LogP contribution in [0, 0.1) is 0 Å². The molecule has 0 aromatic rings. The molecule has 3 heteroatoms. The number of methoxy groups -OCH3 is 1. The van der Waals surface area contributed by atoms with Gasteiger partial charge < -0.3 is 9.47 Å². The molecule has 0 atom stereocenters. The molecule has 60 valence electrons. The van der Waals surface area contributed by atoms with E-state index in [1.165, 1.54) is 0 Å². The monoisotopic (exact) mass is 146 g/mol. The second-order valence-corrected chi connectivity index (χ2v) is 1.96. The Morgan fingerprint density at radius 2 is 2.10 bits per heavy atom. The second kappa shape index (κ2) is 6.55. The number of esters is 1. The average molecular weight is 146 g/mol. The van der Waals surface area contributed by atoms with Gasteiger partial charge in [0.05, 0.1) is 6.61 Å². The second-order valence-electron chi connectivity index (χ2n) is 1.96. The first-order chi connectivity index (χ1) is 4.81. The van der Waals surface area contributed by atoms with Crippen LogP contribution in [-0.4, -0.2) is 26.3 Å². The fourth-order valence-electron chi connectivity index (χ4n) is 0.515. The van der Waals surface area contributed by atoms with Gasteiger partial charge in [0.15, 0.2) is 0 Å². The van der Waals surface area contributed by atoms with E-state index in [4.69, 9.17) is 9.47 Å². The Morgan fingerprint density at radius 1 is 1.40 bits per heavy atom. The summed E-state index contributed by atoms with van der Waals surface area (Å²) in [7, 11) is 1.58. The molecule has 0 heterocycles. The molecule has 0 aliphatic carbocycles. The van der Waals surface area contributed by atoms with Crippen molar-refractivity contribution >= 4 is 5.97 Å². The van der Waals surface area contributed by atoms with Crippen LogP contribution in [0.2, 0.25) is 0 Å². The summed E-state index contributed by atoms with van der Waals surface area (Å²) in [5, 5.41) is 0. The van der Waals surface area contributed by atoms with Gasteiger partial charge in [0.2, 0.25) is 0 Å². The molecule has 0 saturated carbocycles. The maximum atomic E-state index is 10.6. The minimum atomic E-state index is -0.139. The number of ether oxygens (including phenoxy) is 2. The van der Waals surface area contributed by atoms with Gasteiger partial charge in [0.25, 0.3) is 0 Å². The summed E-state index contributed by atoms with van der Waals surface area (Å²) < 4.78 is 9.45. The van der Waals surface area contributed by atoms with E-state index in [1.54, 1.807) is 7.11 Å². The highest BCUT2D eigenvalue weighted by Gasteiger charge is 1.98. The topological polar surface area (TPSA) is 35.5 Å². The largest absolute Gasteiger partial charge is 0.463 e. The Hall–Kier alpha value is -0.570. The van der Waals surface area contributed by atoms with Crippen molar-refractivity contribution in [1.82, 2.24) is 0 Å². The Labute approximate surface area is 61.3 Å². The van der Waals surface area contributed by atoms with Crippen LogP contribution in [0.3, 0.4) is 0 Å². The molecule has 3 nitrogen and oxygen atoms in total. The van der Waals surface area contributed by atoms with E-state index < -0.39 is 0 Å². The van der Waals surface area contributed by atoms with Gasteiger partial charge in [-0.1, -0.05) is 6.92 Å². The van der Waals surface area contributed by atoms with E-state index in [9.17, 15) is 4.79 Å². The van der Waals surface area contributed by atoms with Crippen LogP contribution in [-0.2, 0) is 14.3 Å². The zero-order valence-electron chi connectivity index (χ0n) is 6.55. The molecule has 0 aliphatic rings. The summed E-state index contributed by atoms with van der Waals surface area (Å²) in [4.78, 5) is 10.6. The molecule has 0 spiro atoms. The lowest BCUT2D eigenvalue weighted by atomic mass is 10.3. The SMILES string of the molecule is CCCC(=O)OCCOC. The van der Waals surface area contributed by atoms with Crippen molar-refractivity contribution in [2.24, 2.45) is 0 Å². The van der Waals surface area contributed by atoms with Gasteiger partial charge in [-0.3, -0.25) is 4.79 Å².